The topological polar surface area (TPSA) is 45.7 Å². The normalized spacial score (nSPS) is 11.5. The van der Waals surface area contributed by atoms with Crippen molar-refractivity contribution in [3.63, 3.8) is 0 Å². The first kappa shape index (κ1) is 20.8. The number of benzene rings is 2. The van der Waals surface area contributed by atoms with E-state index in [1.165, 1.54) is 19.2 Å². The molecule has 0 bridgehead atoms. The number of nitrogens with one attached hydrogen (secondary N) is 2. The molecule has 0 aliphatic carbocycles. The summed E-state index contributed by atoms with van der Waals surface area (Å²) in [7, 11) is 1.51. The molecule has 27 heavy (non-hydrogen) atoms. The van der Waals surface area contributed by atoms with Gasteiger partial charge in [0.25, 0.3) is 0 Å². The number of hydrogen-bond donors (Lipinski definition) is 2. The van der Waals surface area contributed by atoms with Crippen LogP contribution in [0.1, 0.15) is 23.6 Å². The van der Waals surface area contributed by atoms with Crippen LogP contribution in [-0.2, 0) is 24.3 Å². The Morgan fingerprint density at radius 1 is 1.00 bits per heavy atom. The highest BCUT2D eigenvalue weighted by molar-refractivity contribution is 5.79. The summed E-state index contributed by atoms with van der Waals surface area (Å²) in [6.45, 7) is 3.52. The predicted octanol–water partition coefficient (Wildman–Crippen LogP) is 3.55. The van der Waals surface area contributed by atoms with E-state index < -0.39 is 11.6 Å². The molecule has 2 rings (SSSR count). The van der Waals surface area contributed by atoms with Crippen molar-refractivity contribution in [2.75, 3.05) is 20.2 Å². The summed E-state index contributed by atoms with van der Waals surface area (Å²) in [5.74, 6) is -0.661. The maximum atomic E-state index is 13.7. The Kier molecular flexibility index (Phi) is 8.13. The molecule has 4 nitrogen and oxygen atoms in total. The van der Waals surface area contributed by atoms with Crippen LogP contribution >= 0.6 is 0 Å². The molecule has 2 aromatic rings. The predicted molar refractivity (Wildman–Crippen MR) is 100.0 cm³/mol. The van der Waals surface area contributed by atoms with E-state index in [2.05, 4.69) is 15.6 Å². The van der Waals surface area contributed by atoms with Gasteiger partial charge in [-0.2, -0.15) is 0 Å². The summed E-state index contributed by atoms with van der Waals surface area (Å²) >= 11 is 0. The second-order valence-corrected chi connectivity index (χ2v) is 5.97. The van der Waals surface area contributed by atoms with Gasteiger partial charge in [-0.3, -0.25) is 0 Å². The minimum absolute atomic E-state index is 0.195. The number of halogens is 3. The van der Waals surface area contributed by atoms with Crippen molar-refractivity contribution in [1.82, 2.24) is 10.6 Å². The summed E-state index contributed by atoms with van der Waals surface area (Å²) < 4.78 is 45.5. The highest BCUT2D eigenvalue weighted by atomic mass is 19.1. The fourth-order valence-corrected chi connectivity index (χ4v) is 2.56. The molecular formula is C20H24F3N3O. The molecule has 0 spiro atoms. The average Bonchev–Trinajstić information content (AvgIpc) is 2.65. The minimum atomic E-state index is -0.463. The number of guanidine groups is 1. The molecule has 0 saturated carbocycles. The zero-order chi connectivity index (χ0) is 19.6. The zero-order valence-electron chi connectivity index (χ0n) is 15.5. The van der Waals surface area contributed by atoms with Crippen molar-refractivity contribution < 1.29 is 17.9 Å². The fraction of sp³-hybridized carbons (Fsp3) is 0.350. The first-order valence-corrected chi connectivity index (χ1v) is 8.75. The van der Waals surface area contributed by atoms with Crippen LogP contribution in [0.15, 0.2) is 41.4 Å². The Balaban J connectivity index is 1.97. The van der Waals surface area contributed by atoms with Crippen LogP contribution in [0.3, 0.4) is 0 Å². The molecule has 0 radical (unpaired) electrons. The lowest BCUT2D eigenvalue weighted by atomic mass is 10.1. The standard InChI is InChI=1S/C20H24F3N3O/c1-3-24-20(25-9-8-15-11-17(21)5-7-18(15)22)26-12-14-4-6-19(23)16(10-14)13-27-2/h4-7,10-11H,3,8-9,12-13H2,1-2H3,(H2,24,25,26). The molecule has 0 aliphatic heterocycles. The van der Waals surface area contributed by atoms with Gasteiger partial charge in [0.05, 0.1) is 13.2 Å². The highest BCUT2D eigenvalue weighted by Gasteiger charge is 2.06. The Labute approximate surface area is 157 Å². The van der Waals surface area contributed by atoms with E-state index in [0.717, 1.165) is 17.7 Å². The number of aliphatic imine (C=N–C) groups is 1. The second-order valence-electron chi connectivity index (χ2n) is 5.97. The van der Waals surface area contributed by atoms with Crippen molar-refractivity contribution in [2.45, 2.75) is 26.5 Å². The second kappa shape index (κ2) is 10.6. The molecule has 0 heterocycles. The largest absolute Gasteiger partial charge is 0.380 e. The molecule has 0 saturated heterocycles. The molecule has 2 N–H and O–H groups in total. The van der Waals surface area contributed by atoms with Gasteiger partial charge in [-0.25, -0.2) is 18.2 Å². The molecule has 146 valence electrons. The minimum Gasteiger partial charge on any atom is -0.380 e. The van der Waals surface area contributed by atoms with E-state index in [1.807, 2.05) is 6.92 Å². The van der Waals surface area contributed by atoms with Crippen molar-refractivity contribution in [3.05, 3.63) is 70.5 Å². The molecule has 0 amide bonds. The lowest BCUT2D eigenvalue weighted by Crippen LogP contribution is -2.38. The summed E-state index contributed by atoms with van der Waals surface area (Å²) in [4.78, 5) is 4.45. The number of nitrogens with zero attached hydrogens (tertiary/aromatic N) is 1. The van der Waals surface area contributed by atoms with Gasteiger partial charge in [-0.1, -0.05) is 6.07 Å². The van der Waals surface area contributed by atoms with Crippen LogP contribution in [0.5, 0.6) is 0 Å². The molecule has 7 heteroatoms. The van der Waals surface area contributed by atoms with E-state index in [9.17, 15) is 13.2 Å². The van der Waals surface area contributed by atoms with E-state index in [0.29, 0.717) is 43.1 Å². The molecule has 0 aromatic heterocycles. The maximum Gasteiger partial charge on any atom is 0.191 e. The smallest absolute Gasteiger partial charge is 0.191 e. The molecule has 0 fully saturated rings. The quantitative estimate of drug-likeness (QED) is 0.545. The Morgan fingerprint density at radius 3 is 2.48 bits per heavy atom. The van der Waals surface area contributed by atoms with Crippen LogP contribution in [0.2, 0.25) is 0 Å². The number of ether oxygens (including phenoxy) is 1. The third-order valence-electron chi connectivity index (χ3n) is 3.87. The number of methoxy groups -OCH3 is 1. The summed E-state index contributed by atoms with van der Waals surface area (Å²) in [6.07, 6.45) is 0.322. The highest BCUT2D eigenvalue weighted by Crippen LogP contribution is 2.13. The van der Waals surface area contributed by atoms with Gasteiger partial charge in [0.1, 0.15) is 17.5 Å². The summed E-state index contributed by atoms with van der Waals surface area (Å²) in [5.41, 5.74) is 1.63. The summed E-state index contributed by atoms with van der Waals surface area (Å²) in [5, 5.41) is 6.18. The third kappa shape index (κ3) is 6.60. The average molecular weight is 379 g/mol. The number of rotatable bonds is 8. The molecule has 0 atom stereocenters. The Morgan fingerprint density at radius 2 is 1.74 bits per heavy atom. The maximum absolute atomic E-state index is 13.7. The zero-order valence-corrected chi connectivity index (χ0v) is 15.5. The molecular weight excluding hydrogens is 355 g/mol. The van der Waals surface area contributed by atoms with Crippen molar-refractivity contribution in [1.29, 1.82) is 0 Å². The van der Waals surface area contributed by atoms with Gasteiger partial charge < -0.3 is 15.4 Å². The Hall–Kier alpha value is -2.54. The molecule has 0 unspecified atom stereocenters. The lowest BCUT2D eigenvalue weighted by molar-refractivity contribution is 0.181. The van der Waals surface area contributed by atoms with Crippen LogP contribution in [0.25, 0.3) is 0 Å². The Bertz CT molecular complexity index is 781. The van der Waals surface area contributed by atoms with Gasteiger partial charge in [0.15, 0.2) is 5.96 Å². The van der Waals surface area contributed by atoms with E-state index in [1.54, 1.807) is 12.1 Å². The van der Waals surface area contributed by atoms with Crippen molar-refractivity contribution in [3.8, 4) is 0 Å². The van der Waals surface area contributed by atoms with Crippen molar-refractivity contribution in [2.24, 2.45) is 4.99 Å². The van der Waals surface area contributed by atoms with Gasteiger partial charge in [-0.15, -0.1) is 0 Å². The monoisotopic (exact) mass is 379 g/mol. The van der Waals surface area contributed by atoms with Gasteiger partial charge in [0, 0.05) is 25.8 Å². The van der Waals surface area contributed by atoms with E-state index in [-0.39, 0.29) is 12.4 Å². The fourth-order valence-electron chi connectivity index (χ4n) is 2.56. The van der Waals surface area contributed by atoms with Gasteiger partial charge >= 0.3 is 0 Å². The summed E-state index contributed by atoms with van der Waals surface area (Å²) in [6, 6.07) is 8.19. The lowest BCUT2D eigenvalue weighted by Gasteiger charge is -2.12. The van der Waals surface area contributed by atoms with Crippen LogP contribution in [0.4, 0.5) is 13.2 Å². The van der Waals surface area contributed by atoms with Gasteiger partial charge in [-0.05, 0) is 54.8 Å². The van der Waals surface area contributed by atoms with Crippen molar-refractivity contribution >= 4 is 5.96 Å². The van der Waals surface area contributed by atoms with E-state index >= 15 is 0 Å². The van der Waals surface area contributed by atoms with Gasteiger partial charge in [0.2, 0.25) is 0 Å². The van der Waals surface area contributed by atoms with E-state index in [4.69, 9.17) is 4.74 Å². The van der Waals surface area contributed by atoms with Crippen LogP contribution in [-0.4, -0.2) is 26.2 Å². The third-order valence-corrected chi connectivity index (χ3v) is 3.87. The molecule has 0 aliphatic rings. The molecule has 2 aromatic carbocycles. The first-order valence-electron chi connectivity index (χ1n) is 8.75. The SMILES string of the molecule is CCNC(=NCc1ccc(F)c(COC)c1)NCCc1cc(F)ccc1F. The van der Waals surface area contributed by atoms with Crippen LogP contribution < -0.4 is 10.6 Å². The first-order chi connectivity index (χ1) is 13.0. The number of hydrogen-bond acceptors (Lipinski definition) is 2. The van der Waals surface area contributed by atoms with Crippen LogP contribution in [0, 0.1) is 17.5 Å².